The zero-order valence-electron chi connectivity index (χ0n) is 11.1. The molecule has 2 unspecified atom stereocenters. The van der Waals surface area contributed by atoms with E-state index >= 15 is 0 Å². The Kier molecular flexibility index (Phi) is 4.76. The standard InChI is InChI=1S/C14H20N2O3/c1-16-8-7-13(14(16)18)15-9-11(17)10-19-12-5-3-2-4-6-12/h2-6,11,13,15,17H,7-10H2,1H3. The third-order valence-electron chi connectivity index (χ3n) is 3.21. The van der Waals surface area contributed by atoms with Gasteiger partial charge < -0.3 is 20.1 Å². The average Bonchev–Trinajstić information content (AvgIpc) is 2.75. The Hall–Kier alpha value is -1.59. The van der Waals surface area contributed by atoms with E-state index in [1.165, 1.54) is 0 Å². The van der Waals surface area contributed by atoms with E-state index in [0.717, 1.165) is 18.7 Å². The number of carbonyl (C=O) groups excluding carboxylic acids is 1. The number of benzene rings is 1. The number of hydrogen-bond acceptors (Lipinski definition) is 4. The molecule has 0 bridgehead atoms. The smallest absolute Gasteiger partial charge is 0.239 e. The topological polar surface area (TPSA) is 61.8 Å². The van der Waals surface area contributed by atoms with Crippen LogP contribution in [0.15, 0.2) is 30.3 Å². The molecule has 19 heavy (non-hydrogen) atoms. The van der Waals surface area contributed by atoms with Crippen molar-refractivity contribution in [3.8, 4) is 5.75 Å². The first kappa shape index (κ1) is 13.8. The fourth-order valence-corrected chi connectivity index (χ4v) is 2.06. The maximum absolute atomic E-state index is 11.6. The van der Waals surface area contributed by atoms with Crippen LogP contribution < -0.4 is 10.1 Å². The second-order valence-corrected chi connectivity index (χ2v) is 4.79. The Bertz CT molecular complexity index is 410. The Morgan fingerprint density at radius 3 is 2.84 bits per heavy atom. The number of amides is 1. The number of nitrogens with one attached hydrogen (secondary N) is 1. The van der Waals surface area contributed by atoms with Gasteiger partial charge in [0.1, 0.15) is 18.5 Å². The van der Waals surface area contributed by atoms with E-state index in [-0.39, 0.29) is 18.6 Å². The lowest BCUT2D eigenvalue weighted by molar-refractivity contribution is -0.128. The number of aliphatic hydroxyl groups excluding tert-OH is 1. The van der Waals surface area contributed by atoms with Crippen molar-refractivity contribution >= 4 is 5.91 Å². The van der Waals surface area contributed by atoms with Gasteiger partial charge in [-0.3, -0.25) is 4.79 Å². The molecule has 0 saturated carbocycles. The summed E-state index contributed by atoms with van der Waals surface area (Å²) in [5.74, 6) is 0.828. The Morgan fingerprint density at radius 2 is 2.21 bits per heavy atom. The average molecular weight is 264 g/mol. The number of para-hydroxylation sites is 1. The van der Waals surface area contributed by atoms with Crippen LogP contribution in [0.1, 0.15) is 6.42 Å². The molecule has 0 spiro atoms. The summed E-state index contributed by atoms with van der Waals surface area (Å²) in [4.78, 5) is 13.3. The molecule has 104 valence electrons. The molecule has 0 aromatic heterocycles. The summed E-state index contributed by atoms with van der Waals surface area (Å²) < 4.78 is 5.45. The predicted molar refractivity (Wildman–Crippen MR) is 72.0 cm³/mol. The summed E-state index contributed by atoms with van der Waals surface area (Å²) in [6.07, 6.45) is 0.167. The number of aliphatic hydroxyl groups is 1. The van der Waals surface area contributed by atoms with Gasteiger partial charge in [0.05, 0.1) is 6.04 Å². The molecule has 1 heterocycles. The number of hydrogen-bond donors (Lipinski definition) is 2. The zero-order valence-corrected chi connectivity index (χ0v) is 11.1. The Morgan fingerprint density at radius 1 is 1.47 bits per heavy atom. The van der Waals surface area contributed by atoms with Gasteiger partial charge in [-0.25, -0.2) is 0 Å². The van der Waals surface area contributed by atoms with Crippen molar-refractivity contribution in [3.05, 3.63) is 30.3 Å². The fourth-order valence-electron chi connectivity index (χ4n) is 2.06. The van der Waals surface area contributed by atoms with Crippen LogP contribution in [0.4, 0.5) is 0 Å². The maximum Gasteiger partial charge on any atom is 0.239 e. The lowest BCUT2D eigenvalue weighted by atomic mass is 10.2. The summed E-state index contributed by atoms with van der Waals surface area (Å²) in [6, 6.07) is 9.19. The first-order chi connectivity index (χ1) is 9.16. The Balaban J connectivity index is 1.68. The van der Waals surface area contributed by atoms with Crippen molar-refractivity contribution in [2.24, 2.45) is 0 Å². The molecular weight excluding hydrogens is 244 g/mol. The lowest BCUT2D eigenvalue weighted by Gasteiger charge is -2.16. The number of rotatable bonds is 6. The van der Waals surface area contributed by atoms with Crippen LogP contribution in [0.5, 0.6) is 5.75 Å². The number of likely N-dealkylation sites (tertiary alicyclic amines) is 1. The van der Waals surface area contributed by atoms with Gasteiger partial charge in [0.15, 0.2) is 0 Å². The van der Waals surface area contributed by atoms with Crippen LogP contribution in [0.25, 0.3) is 0 Å². The monoisotopic (exact) mass is 264 g/mol. The largest absolute Gasteiger partial charge is 0.491 e. The molecule has 0 radical (unpaired) electrons. The van der Waals surface area contributed by atoms with Gasteiger partial charge in [-0.1, -0.05) is 18.2 Å². The van der Waals surface area contributed by atoms with Crippen molar-refractivity contribution in [3.63, 3.8) is 0 Å². The molecule has 5 nitrogen and oxygen atoms in total. The molecule has 5 heteroatoms. The minimum atomic E-state index is -0.626. The van der Waals surface area contributed by atoms with Gasteiger partial charge in [0.2, 0.25) is 5.91 Å². The molecule has 2 rings (SSSR count). The van der Waals surface area contributed by atoms with Gasteiger partial charge in [-0.2, -0.15) is 0 Å². The summed E-state index contributed by atoms with van der Waals surface area (Å²) in [5.41, 5.74) is 0. The first-order valence-electron chi connectivity index (χ1n) is 6.51. The lowest BCUT2D eigenvalue weighted by Crippen LogP contribution is -2.42. The molecule has 2 N–H and O–H groups in total. The van der Waals surface area contributed by atoms with Crippen LogP contribution in [-0.2, 0) is 4.79 Å². The SMILES string of the molecule is CN1CCC(NCC(O)COc2ccccc2)C1=O. The normalized spacial score (nSPS) is 20.6. The number of carbonyl (C=O) groups is 1. The van der Waals surface area contributed by atoms with Gasteiger partial charge in [-0.15, -0.1) is 0 Å². The maximum atomic E-state index is 11.6. The van der Waals surface area contributed by atoms with Crippen LogP contribution in [0.3, 0.4) is 0 Å². The second-order valence-electron chi connectivity index (χ2n) is 4.79. The highest BCUT2D eigenvalue weighted by Gasteiger charge is 2.28. The van der Waals surface area contributed by atoms with E-state index in [1.54, 1.807) is 11.9 Å². The number of likely N-dealkylation sites (N-methyl/N-ethyl adjacent to an activating group) is 1. The molecule has 1 aliphatic heterocycles. The predicted octanol–water partition coefficient (Wildman–Crippen LogP) is 0.247. The van der Waals surface area contributed by atoms with E-state index in [4.69, 9.17) is 4.74 Å². The van der Waals surface area contributed by atoms with E-state index in [1.807, 2.05) is 30.3 Å². The van der Waals surface area contributed by atoms with E-state index in [9.17, 15) is 9.90 Å². The van der Waals surface area contributed by atoms with Crippen molar-refractivity contribution < 1.29 is 14.6 Å². The number of nitrogens with zero attached hydrogens (tertiary/aromatic N) is 1. The third-order valence-corrected chi connectivity index (χ3v) is 3.21. The minimum Gasteiger partial charge on any atom is -0.491 e. The summed E-state index contributed by atoms with van der Waals surface area (Å²) in [7, 11) is 1.79. The van der Waals surface area contributed by atoms with Crippen molar-refractivity contribution in [1.82, 2.24) is 10.2 Å². The van der Waals surface area contributed by atoms with E-state index in [2.05, 4.69) is 5.32 Å². The van der Waals surface area contributed by atoms with Crippen LogP contribution in [0.2, 0.25) is 0 Å². The molecule has 1 saturated heterocycles. The molecule has 1 aromatic carbocycles. The summed E-state index contributed by atoms with van der Waals surface area (Å²) >= 11 is 0. The van der Waals surface area contributed by atoms with Crippen LogP contribution >= 0.6 is 0 Å². The highest BCUT2D eigenvalue weighted by molar-refractivity contribution is 5.83. The third kappa shape index (κ3) is 3.94. The molecule has 1 amide bonds. The second kappa shape index (κ2) is 6.54. The summed E-state index contributed by atoms with van der Waals surface area (Å²) in [6.45, 7) is 1.35. The van der Waals surface area contributed by atoms with Gasteiger partial charge in [0, 0.05) is 20.1 Å². The highest BCUT2D eigenvalue weighted by atomic mass is 16.5. The van der Waals surface area contributed by atoms with Gasteiger partial charge in [-0.05, 0) is 18.6 Å². The highest BCUT2D eigenvalue weighted by Crippen LogP contribution is 2.10. The molecule has 1 fully saturated rings. The molecular formula is C14H20N2O3. The van der Waals surface area contributed by atoms with E-state index in [0.29, 0.717) is 6.54 Å². The molecule has 0 aliphatic carbocycles. The zero-order chi connectivity index (χ0) is 13.7. The fraction of sp³-hybridized carbons (Fsp3) is 0.500. The quantitative estimate of drug-likeness (QED) is 0.773. The van der Waals surface area contributed by atoms with E-state index < -0.39 is 6.10 Å². The van der Waals surface area contributed by atoms with Crippen molar-refractivity contribution in [2.75, 3.05) is 26.7 Å². The first-order valence-corrected chi connectivity index (χ1v) is 6.51. The molecule has 2 atom stereocenters. The van der Waals surface area contributed by atoms with Gasteiger partial charge >= 0.3 is 0 Å². The van der Waals surface area contributed by atoms with Crippen molar-refractivity contribution in [1.29, 1.82) is 0 Å². The van der Waals surface area contributed by atoms with Gasteiger partial charge in [0.25, 0.3) is 0 Å². The molecule has 1 aliphatic rings. The van der Waals surface area contributed by atoms with Crippen LogP contribution in [-0.4, -0.2) is 54.8 Å². The van der Waals surface area contributed by atoms with Crippen LogP contribution in [0, 0.1) is 0 Å². The molecule has 1 aromatic rings. The summed E-state index contributed by atoms with van der Waals surface area (Å²) in [5, 5.41) is 12.9. The Labute approximate surface area is 113 Å². The minimum absolute atomic E-state index is 0.0937. The number of ether oxygens (including phenoxy) is 1. The van der Waals surface area contributed by atoms with Crippen molar-refractivity contribution in [2.45, 2.75) is 18.6 Å².